The van der Waals surface area contributed by atoms with Crippen molar-refractivity contribution >= 4 is 11.7 Å². The van der Waals surface area contributed by atoms with Crippen LogP contribution in [-0.2, 0) is 4.74 Å². The van der Waals surface area contributed by atoms with Crippen LogP contribution < -0.4 is 5.56 Å². The third kappa shape index (κ3) is 2.97. The number of nitrogens with zero attached hydrogens (tertiary/aromatic N) is 2. The molecule has 2 rings (SSSR count). The Labute approximate surface area is 119 Å². The molecule has 0 fully saturated rings. The van der Waals surface area contributed by atoms with Gasteiger partial charge in [0, 0.05) is 24.4 Å². The second-order valence-electron chi connectivity index (χ2n) is 4.40. The maximum atomic E-state index is 11.9. The molecule has 0 unspecified atom stereocenters. The van der Waals surface area contributed by atoms with E-state index >= 15 is 0 Å². The average molecular weight is 288 g/mol. The highest BCUT2D eigenvalue weighted by atomic mass is 16.6. The number of aromatic nitrogens is 1. The molecule has 1 aromatic carbocycles. The number of pyridine rings is 1. The molecule has 7 heteroatoms. The first-order valence-corrected chi connectivity index (χ1v) is 6.00. The van der Waals surface area contributed by atoms with Gasteiger partial charge in [0.25, 0.3) is 11.2 Å². The first kappa shape index (κ1) is 14.4. The van der Waals surface area contributed by atoms with Crippen LogP contribution in [0, 0.1) is 17.0 Å². The summed E-state index contributed by atoms with van der Waals surface area (Å²) in [5, 5.41) is 11.0. The molecule has 0 aliphatic rings. The molecule has 1 heterocycles. The van der Waals surface area contributed by atoms with Gasteiger partial charge in [-0.1, -0.05) is 0 Å². The van der Waals surface area contributed by atoms with E-state index in [0.717, 1.165) is 11.6 Å². The summed E-state index contributed by atoms with van der Waals surface area (Å²) in [7, 11) is 1.18. The van der Waals surface area contributed by atoms with Gasteiger partial charge in [0.2, 0.25) is 0 Å². The summed E-state index contributed by atoms with van der Waals surface area (Å²) < 4.78 is 5.79. The zero-order valence-electron chi connectivity index (χ0n) is 11.4. The van der Waals surface area contributed by atoms with E-state index in [2.05, 4.69) is 4.74 Å². The van der Waals surface area contributed by atoms with Crippen molar-refractivity contribution in [2.45, 2.75) is 6.92 Å². The van der Waals surface area contributed by atoms with Crippen LogP contribution in [0.5, 0.6) is 0 Å². The molecule has 0 atom stereocenters. The van der Waals surface area contributed by atoms with E-state index in [-0.39, 0.29) is 22.5 Å². The Bertz CT molecular complexity index is 779. The number of benzene rings is 1. The quantitative estimate of drug-likeness (QED) is 0.488. The molecular weight excluding hydrogens is 276 g/mol. The van der Waals surface area contributed by atoms with Gasteiger partial charge in [-0.15, -0.1) is 0 Å². The summed E-state index contributed by atoms with van der Waals surface area (Å²) in [4.78, 5) is 33.9. The zero-order valence-corrected chi connectivity index (χ0v) is 11.4. The van der Waals surface area contributed by atoms with Crippen molar-refractivity contribution < 1.29 is 14.5 Å². The van der Waals surface area contributed by atoms with Crippen LogP contribution in [0.4, 0.5) is 5.69 Å². The van der Waals surface area contributed by atoms with E-state index in [0.29, 0.717) is 0 Å². The first-order chi connectivity index (χ1) is 9.92. The van der Waals surface area contributed by atoms with E-state index in [9.17, 15) is 19.7 Å². The van der Waals surface area contributed by atoms with Crippen LogP contribution in [0.1, 0.15) is 15.9 Å². The SMILES string of the molecule is COC(=O)c1cc(-n2ccc(C)cc2=O)cc([N+](=O)[O-])c1. The van der Waals surface area contributed by atoms with Gasteiger partial charge in [0.05, 0.1) is 23.3 Å². The number of nitro groups is 1. The molecule has 0 saturated heterocycles. The maximum absolute atomic E-state index is 11.9. The van der Waals surface area contributed by atoms with Crippen molar-refractivity contribution in [3.05, 3.63) is 68.1 Å². The molecule has 21 heavy (non-hydrogen) atoms. The summed E-state index contributed by atoms with van der Waals surface area (Å²) in [6, 6.07) is 6.79. The first-order valence-electron chi connectivity index (χ1n) is 6.00. The number of carbonyl (C=O) groups excluding carboxylic acids is 1. The van der Waals surface area contributed by atoms with Crippen molar-refractivity contribution in [1.82, 2.24) is 4.57 Å². The molecule has 1 aromatic heterocycles. The summed E-state index contributed by atoms with van der Waals surface area (Å²) in [6.07, 6.45) is 1.50. The predicted molar refractivity (Wildman–Crippen MR) is 74.8 cm³/mol. The summed E-state index contributed by atoms with van der Waals surface area (Å²) in [5.41, 5.74) is 0.380. The fraction of sp³-hybridized carbons (Fsp3) is 0.143. The Morgan fingerprint density at radius 1 is 1.29 bits per heavy atom. The standard InChI is InChI=1S/C14H12N2O5/c1-9-3-4-15(13(17)5-9)11-6-10(14(18)21-2)7-12(8-11)16(19)20/h3-8H,1-2H3. The Morgan fingerprint density at radius 3 is 2.57 bits per heavy atom. The van der Waals surface area contributed by atoms with Gasteiger partial charge >= 0.3 is 5.97 Å². The van der Waals surface area contributed by atoms with Crippen molar-refractivity contribution in [2.75, 3.05) is 7.11 Å². The topological polar surface area (TPSA) is 91.4 Å². The van der Waals surface area contributed by atoms with Crippen LogP contribution in [0.2, 0.25) is 0 Å². The number of esters is 1. The van der Waals surface area contributed by atoms with Crippen LogP contribution in [0.3, 0.4) is 0 Å². The van der Waals surface area contributed by atoms with Crippen LogP contribution in [0.25, 0.3) is 5.69 Å². The summed E-state index contributed by atoms with van der Waals surface area (Å²) in [5.74, 6) is -0.708. The smallest absolute Gasteiger partial charge is 0.338 e. The Hall–Kier alpha value is -2.96. The maximum Gasteiger partial charge on any atom is 0.338 e. The van der Waals surface area contributed by atoms with Gasteiger partial charge in [-0.05, 0) is 24.6 Å². The van der Waals surface area contributed by atoms with E-state index in [1.165, 1.54) is 36.1 Å². The second kappa shape index (κ2) is 5.58. The van der Waals surface area contributed by atoms with Crippen LogP contribution in [-0.4, -0.2) is 22.6 Å². The van der Waals surface area contributed by atoms with Crippen molar-refractivity contribution in [3.8, 4) is 5.69 Å². The second-order valence-corrected chi connectivity index (χ2v) is 4.40. The molecule has 2 aromatic rings. The van der Waals surface area contributed by atoms with Gasteiger partial charge in [-0.2, -0.15) is 0 Å². The fourth-order valence-corrected chi connectivity index (χ4v) is 1.87. The Kier molecular flexibility index (Phi) is 3.84. The summed E-state index contributed by atoms with van der Waals surface area (Å²) >= 11 is 0. The molecule has 108 valence electrons. The lowest BCUT2D eigenvalue weighted by molar-refractivity contribution is -0.384. The van der Waals surface area contributed by atoms with Crippen molar-refractivity contribution in [3.63, 3.8) is 0 Å². The van der Waals surface area contributed by atoms with Crippen LogP contribution >= 0.6 is 0 Å². The van der Waals surface area contributed by atoms with E-state index in [1.807, 2.05) is 0 Å². The Balaban J connectivity index is 2.67. The van der Waals surface area contributed by atoms with Crippen molar-refractivity contribution in [2.24, 2.45) is 0 Å². The number of rotatable bonds is 3. The number of carbonyl (C=O) groups is 1. The average Bonchev–Trinajstić information content (AvgIpc) is 2.45. The molecule has 0 spiro atoms. The normalized spacial score (nSPS) is 10.2. The minimum atomic E-state index is -0.708. The van der Waals surface area contributed by atoms with Gasteiger partial charge in [-0.3, -0.25) is 19.5 Å². The molecule has 0 radical (unpaired) electrons. The summed E-state index contributed by atoms with van der Waals surface area (Å²) in [6.45, 7) is 1.76. The number of hydrogen-bond acceptors (Lipinski definition) is 5. The fourth-order valence-electron chi connectivity index (χ4n) is 1.87. The van der Waals surface area contributed by atoms with E-state index in [4.69, 9.17) is 0 Å². The molecule has 0 N–H and O–H groups in total. The highest BCUT2D eigenvalue weighted by Crippen LogP contribution is 2.20. The van der Waals surface area contributed by atoms with Crippen molar-refractivity contribution in [1.29, 1.82) is 0 Å². The number of aryl methyl sites for hydroxylation is 1. The molecule has 0 amide bonds. The molecule has 0 aliphatic carbocycles. The highest BCUT2D eigenvalue weighted by Gasteiger charge is 2.16. The predicted octanol–water partition coefficient (Wildman–Crippen LogP) is 1.84. The van der Waals surface area contributed by atoms with Gasteiger partial charge < -0.3 is 4.74 Å². The number of non-ortho nitro benzene ring substituents is 1. The zero-order chi connectivity index (χ0) is 15.6. The largest absolute Gasteiger partial charge is 0.465 e. The molecular formula is C14H12N2O5. The molecule has 0 aliphatic heterocycles. The third-order valence-electron chi connectivity index (χ3n) is 2.89. The van der Waals surface area contributed by atoms with Gasteiger partial charge in [-0.25, -0.2) is 4.79 Å². The number of methoxy groups -OCH3 is 1. The molecule has 0 bridgehead atoms. The van der Waals surface area contributed by atoms with Gasteiger partial charge in [0.15, 0.2) is 0 Å². The van der Waals surface area contributed by atoms with E-state index < -0.39 is 10.9 Å². The lowest BCUT2D eigenvalue weighted by Crippen LogP contribution is -2.17. The molecule has 7 nitrogen and oxygen atoms in total. The third-order valence-corrected chi connectivity index (χ3v) is 2.89. The Morgan fingerprint density at radius 2 is 2.00 bits per heavy atom. The van der Waals surface area contributed by atoms with E-state index in [1.54, 1.807) is 13.0 Å². The minimum absolute atomic E-state index is 0.00850. The number of nitro benzene ring substituents is 1. The minimum Gasteiger partial charge on any atom is -0.465 e. The highest BCUT2D eigenvalue weighted by molar-refractivity contribution is 5.90. The number of ether oxygens (including phenoxy) is 1. The lowest BCUT2D eigenvalue weighted by atomic mass is 10.1. The molecule has 0 saturated carbocycles. The monoisotopic (exact) mass is 288 g/mol. The van der Waals surface area contributed by atoms with Gasteiger partial charge in [0.1, 0.15) is 0 Å². The number of hydrogen-bond donors (Lipinski definition) is 0. The van der Waals surface area contributed by atoms with Crippen LogP contribution in [0.15, 0.2) is 41.3 Å². The lowest BCUT2D eigenvalue weighted by Gasteiger charge is -2.08.